The third-order valence-corrected chi connectivity index (χ3v) is 6.65. The second kappa shape index (κ2) is 7.08. The molecule has 2 unspecified atom stereocenters. The fourth-order valence-corrected chi connectivity index (χ4v) is 5.10. The van der Waals surface area contributed by atoms with Crippen LogP contribution in [0.2, 0.25) is 0 Å². The van der Waals surface area contributed by atoms with Crippen LogP contribution in [-0.4, -0.2) is 41.7 Å². The average Bonchev–Trinajstić information content (AvgIpc) is 3.22. The molecular weight excluding hydrogens is 314 g/mol. The number of ether oxygens (including phenoxy) is 1. The van der Waals surface area contributed by atoms with E-state index in [0.29, 0.717) is 18.2 Å². The van der Waals surface area contributed by atoms with Gasteiger partial charge in [0.25, 0.3) is 0 Å². The van der Waals surface area contributed by atoms with E-state index in [4.69, 9.17) is 4.74 Å². The molecule has 136 valence electrons. The van der Waals surface area contributed by atoms with Crippen LogP contribution in [0.15, 0.2) is 30.3 Å². The Balaban J connectivity index is 1.48. The summed E-state index contributed by atoms with van der Waals surface area (Å²) in [6.45, 7) is 2.66. The molecule has 1 saturated carbocycles. The van der Waals surface area contributed by atoms with Crippen molar-refractivity contribution >= 4 is 5.97 Å². The Kier molecular flexibility index (Phi) is 4.83. The van der Waals surface area contributed by atoms with Crippen LogP contribution in [0.25, 0.3) is 0 Å². The lowest BCUT2D eigenvalue weighted by atomic mass is 9.80. The Hall–Kier alpha value is -1.39. The third kappa shape index (κ3) is 3.22. The first-order chi connectivity index (χ1) is 12.2. The van der Waals surface area contributed by atoms with Crippen molar-refractivity contribution in [1.82, 2.24) is 4.90 Å². The van der Waals surface area contributed by atoms with E-state index < -0.39 is 11.6 Å². The zero-order chi connectivity index (χ0) is 17.3. The van der Waals surface area contributed by atoms with Gasteiger partial charge in [0, 0.05) is 12.0 Å². The molecule has 0 spiro atoms. The fourth-order valence-electron chi connectivity index (χ4n) is 5.10. The molecule has 2 atom stereocenters. The fraction of sp³-hybridized carbons (Fsp3) is 0.667. The van der Waals surface area contributed by atoms with Crippen molar-refractivity contribution in [2.45, 2.75) is 56.6 Å². The molecule has 25 heavy (non-hydrogen) atoms. The monoisotopic (exact) mass is 343 g/mol. The van der Waals surface area contributed by atoms with Crippen LogP contribution < -0.4 is 0 Å². The highest BCUT2D eigenvalue weighted by Crippen LogP contribution is 2.41. The maximum atomic E-state index is 13.0. The van der Waals surface area contributed by atoms with Crippen molar-refractivity contribution in [2.75, 3.05) is 19.7 Å². The lowest BCUT2D eigenvalue weighted by Gasteiger charge is -2.45. The zero-order valence-electron chi connectivity index (χ0n) is 14.9. The van der Waals surface area contributed by atoms with E-state index in [1.807, 2.05) is 30.3 Å². The Bertz CT molecular complexity index is 590. The highest BCUT2D eigenvalue weighted by atomic mass is 16.6. The van der Waals surface area contributed by atoms with E-state index in [-0.39, 0.29) is 5.92 Å². The second-order valence-corrected chi connectivity index (χ2v) is 8.08. The van der Waals surface area contributed by atoms with Crippen LogP contribution in [0.4, 0.5) is 0 Å². The lowest BCUT2D eigenvalue weighted by molar-refractivity contribution is -0.176. The topological polar surface area (TPSA) is 49.8 Å². The van der Waals surface area contributed by atoms with Crippen LogP contribution in [0.3, 0.4) is 0 Å². The van der Waals surface area contributed by atoms with Crippen LogP contribution in [0.1, 0.15) is 50.5 Å². The van der Waals surface area contributed by atoms with Crippen LogP contribution in [0.5, 0.6) is 0 Å². The first kappa shape index (κ1) is 17.0. The molecule has 5 rings (SSSR count). The summed E-state index contributed by atoms with van der Waals surface area (Å²) >= 11 is 0. The van der Waals surface area contributed by atoms with Gasteiger partial charge in [-0.3, -0.25) is 4.90 Å². The molecule has 0 aromatic heterocycles. The summed E-state index contributed by atoms with van der Waals surface area (Å²) in [5.74, 6) is 0.301. The summed E-state index contributed by atoms with van der Waals surface area (Å²) in [5, 5.41) is 11.4. The van der Waals surface area contributed by atoms with E-state index in [0.717, 1.165) is 51.1 Å². The summed E-state index contributed by atoms with van der Waals surface area (Å²) in [6, 6.07) is 9.72. The van der Waals surface area contributed by atoms with Gasteiger partial charge in [-0.25, -0.2) is 4.79 Å². The van der Waals surface area contributed by atoms with Gasteiger partial charge in [-0.15, -0.1) is 0 Å². The Morgan fingerprint density at radius 2 is 1.80 bits per heavy atom. The van der Waals surface area contributed by atoms with Crippen LogP contribution in [-0.2, 0) is 15.1 Å². The number of piperidine rings is 3. The van der Waals surface area contributed by atoms with Gasteiger partial charge in [-0.1, -0.05) is 43.2 Å². The molecule has 1 aromatic rings. The van der Waals surface area contributed by atoms with Crippen molar-refractivity contribution in [3.05, 3.63) is 35.9 Å². The first-order valence-electron chi connectivity index (χ1n) is 9.87. The molecule has 1 aliphatic carbocycles. The summed E-state index contributed by atoms with van der Waals surface area (Å²) in [4.78, 5) is 15.5. The highest BCUT2D eigenvalue weighted by Gasteiger charge is 2.48. The van der Waals surface area contributed by atoms with E-state index in [1.54, 1.807) is 0 Å². The average molecular weight is 343 g/mol. The maximum Gasteiger partial charge on any atom is 0.343 e. The van der Waals surface area contributed by atoms with Gasteiger partial charge >= 0.3 is 5.97 Å². The number of carbonyl (C=O) groups is 1. The maximum absolute atomic E-state index is 13.0. The molecule has 4 heteroatoms. The SMILES string of the molecule is O=C(OCC1CC2CCN1CC2)C(O)(c1ccccc1)C1CCCC1. The molecule has 3 heterocycles. The number of hydrogen-bond donors (Lipinski definition) is 1. The molecule has 4 fully saturated rings. The second-order valence-electron chi connectivity index (χ2n) is 8.08. The number of aliphatic hydroxyl groups is 1. The van der Waals surface area contributed by atoms with Crippen molar-refractivity contribution in [1.29, 1.82) is 0 Å². The van der Waals surface area contributed by atoms with Crippen molar-refractivity contribution in [3.63, 3.8) is 0 Å². The quantitative estimate of drug-likeness (QED) is 0.835. The van der Waals surface area contributed by atoms with E-state index in [1.165, 1.54) is 12.8 Å². The van der Waals surface area contributed by atoms with Gasteiger partial charge in [0.2, 0.25) is 0 Å². The molecule has 3 saturated heterocycles. The predicted molar refractivity (Wildman–Crippen MR) is 96.0 cm³/mol. The first-order valence-corrected chi connectivity index (χ1v) is 9.87. The number of fused-ring (bicyclic) bond motifs is 3. The Morgan fingerprint density at radius 1 is 1.12 bits per heavy atom. The number of hydrogen-bond acceptors (Lipinski definition) is 4. The number of benzene rings is 1. The Morgan fingerprint density at radius 3 is 2.40 bits per heavy atom. The molecule has 1 N–H and O–H groups in total. The minimum Gasteiger partial charge on any atom is -0.462 e. The molecule has 4 nitrogen and oxygen atoms in total. The molecule has 2 bridgehead atoms. The number of rotatable bonds is 5. The molecule has 0 amide bonds. The van der Waals surface area contributed by atoms with E-state index in [9.17, 15) is 9.90 Å². The number of nitrogens with zero attached hydrogens (tertiary/aromatic N) is 1. The number of esters is 1. The van der Waals surface area contributed by atoms with Gasteiger partial charge < -0.3 is 9.84 Å². The van der Waals surface area contributed by atoms with E-state index in [2.05, 4.69) is 4.90 Å². The van der Waals surface area contributed by atoms with Crippen LogP contribution >= 0.6 is 0 Å². The smallest absolute Gasteiger partial charge is 0.343 e. The minimum atomic E-state index is -1.50. The molecule has 3 aliphatic heterocycles. The summed E-state index contributed by atoms with van der Waals surface area (Å²) in [7, 11) is 0. The third-order valence-electron chi connectivity index (χ3n) is 6.65. The highest BCUT2D eigenvalue weighted by molar-refractivity contribution is 5.81. The summed E-state index contributed by atoms with van der Waals surface area (Å²) in [5.41, 5.74) is -0.821. The minimum absolute atomic E-state index is 0.0366. The van der Waals surface area contributed by atoms with E-state index >= 15 is 0 Å². The Labute approximate surface area is 150 Å². The van der Waals surface area contributed by atoms with Crippen molar-refractivity contribution < 1.29 is 14.6 Å². The van der Waals surface area contributed by atoms with Gasteiger partial charge in [0.05, 0.1) is 0 Å². The largest absolute Gasteiger partial charge is 0.462 e. The molecule has 0 radical (unpaired) electrons. The standard InChI is InChI=1S/C21H29NO3/c23-20(25-15-19-14-16-10-12-22(19)13-11-16)21(24,18-8-4-5-9-18)17-6-2-1-3-7-17/h1-3,6-7,16,18-19,24H,4-5,8-15H2. The van der Waals surface area contributed by atoms with Crippen LogP contribution in [0, 0.1) is 11.8 Å². The van der Waals surface area contributed by atoms with Crippen molar-refractivity contribution in [3.8, 4) is 0 Å². The predicted octanol–water partition coefficient (Wildman–Crippen LogP) is 3.09. The van der Waals surface area contributed by atoms with Gasteiger partial charge in [0.15, 0.2) is 5.60 Å². The zero-order valence-corrected chi connectivity index (χ0v) is 14.9. The molecule has 1 aromatic carbocycles. The lowest BCUT2D eigenvalue weighted by Crippen LogP contribution is -2.52. The summed E-state index contributed by atoms with van der Waals surface area (Å²) < 4.78 is 5.74. The van der Waals surface area contributed by atoms with Crippen molar-refractivity contribution in [2.24, 2.45) is 11.8 Å². The molecular formula is C21H29NO3. The molecule has 4 aliphatic rings. The summed E-state index contributed by atoms with van der Waals surface area (Å²) in [6.07, 6.45) is 7.61. The van der Waals surface area contributed by atoms with Gasteiger partial charge in [0.1, 0.15) is 6.61 Å². The number of carbonyl (C=O) groups excluding carboxylic acids is 1. The van der Waals surface area contributed by atoms with Gasteiger partial charge in [-0.05, 0) is 56.7 Å². The van der Waals surface area contributed by atoms with Gasteiger partial charge in [-0.2, -0.15) is 0 Å². The normalized spacial score (nSPS) is 31.6.